The van der Waals surface area contributed by atoms with Crippen molar-refractivity contribution < 1.29 is 9.44 Å². The first-order valence-corrected chi connectivity index (χ1v) is 7.69. The summed E-state index contributed by atoms with van der Waals surface area (Å²) < 4.78 is 1.88. The van der Waals surface area contributed by atoms with Crippen molar-refractivity contribution in [2.45, 2.75) is 12.8 Å². The monoisotopic (exact) mass is 311 g/mol. The number of hydrogen-bond acceptors (Lipinski definition) is 5. The summed E-state index contributed by atoms with van der Waals surface area (Å²) in [6, 6.07) is 6.60. The molecule has 22 heavy (non-hydrogen) atoms. The van der Waals surface area contributed by atoms with Gasteiger partial charge in [-0.3, -0.25) is 10.1 Å². The highest BCUT2D eigenvalue weighted by Crippen LogP contribution is 2.31. The van der Waals surface area contributed by atoms with Crippen LogP contribution >= 0.6 is 11.3 Å². The molecule has 0 bridgehead atoms. The maximum absolute atomic E-state index is 10.7. The predicted molar refractivity (Wildman–Crippen MR) is 82.4 cm³/mol. The minimum absolute atomic E-state index is 0.106. The summed E-state index contributed by atoms with van der Waals surface area (Å²) >= 11 is 1.51. The van der Waals surface area contributed by atoms with E-state index in [-0.39, 0.29) is 10.6 Å². The largest absolute Gasteiger partial charge is 0.409 e. The summed E-state index contributed by atoms with van der Waals surface area (Å²) in [6.07, 6.45) is 5.86. The average molecular weight is 311 g/mol. The molecule has 0 atom stereocenters. The highest BCUT2D eigenvalue weighted by molar-refractivity contribution is 7.14. The van der Waals surface area contributed by atoms with Crippen molar-refractivity contribution in [3.8, 4) is 0 Å². The number of aryl methyl sites for hydroxylation is 1. The maximum Gasteiger partial charge on any atom is 0.409 e. The van der Waals surface area contributed by atoms with E-state index in [2.05, 4.69) is 16.2 Å². The van der Waals surface area contributed by atoms with E-state index < -0.39 is 0 Å². The van der Waals surface area contributed by atoms with Crippen LogP contribution in [0.4, 0.5) is 5.69 Å². The summed E-state index contributed by atoms with van der Waals surface area (Å²) in [4.78, 5) is 15.6. The summed E-state index contributed by atoms with van der Waals surface area (Å²) in [5, 5.41) is 15.1. The summed E-state index contributed by atoms with van der Waals surface area (Å²) in [5.41, 5.74) is 6.32. The quantitative estimate of drug-likeness (QED) is 0.414. The first kappa shape index (κ1) is 13.0. The van der Waals surface area contributed by atoms with E-state index in [4.69, 9.17) is 0 Å². The lowest BCUT2D eigenvalue weighted by atomic mass is 10.1. The molecule has 4 rings (SSSR count). The zero-order valence-corrected chi connectivity index (χ0v) is 12.3. The Kier molecular flexibility index (Phi) is 2.93. The standard InChI is InChI=1S/C15H11N4O2S/c20-19(21)13-5-1-10(2-6-13)7-11-3-4-12-8-16-15-18(14(11)12)17-9-22-15/h1-2,5-9H,3-4H2/q+1. The number of hydrogen-bond donors (Lipinski definition) is 0. The van der Waals surface area contributed by atoms with Crippen LogP contribution in [0.2, 0.25) is 0 Å². The molecule has 2 heterocycles. The van der Waals surface area contributed by atoms with Crippen LogP contribution in [0.25, 0.3) is 16.6 Å². The second-order valence-electron chi connectivity index (χ2n) is 5.08. The number of allylic oxidation sites excluding steroid dienone is 1. The lowest BCUT2D eigenvalue weighted by Gasteiger charge is -1.98. The van der Waals surface area contributed by atoms with E-state index >= 15 is 0 Å². The molecule has 1 aromatic carbocycles. The fourth-order valence-corrected chi connectivity index (χ4v) is 3.32. The third-order valence-electron chi connectivity index (χ3n) is 3.76. The molecule has 0 saturated heterocycles. The number of rotatable bonds is 2. The summed E-state index contributed by atoms with van der Waals surface area (Å²) in [5.74, 6) is 0. The van der Waals surface area contributed by atoms with Crippen molar-refractivity contribution in [1.82, 2.24) is 10.1 Å². The van der Waals surface area contributed by atoms with E-state index in [9.17, 15) is 10.1 Å². The molecule has 1 aliphatic carbocycles. The molecule has 0 N–H and O–H groups in total. The van der Waals surface area contributed by atoms with Gasteiger partial charge in [-0.15, -0.1) is 0 Å². The van der Waals surface area contributed by atoms with Gasteiger partial charge in [0.1, 0.15) is 11.7 Å². The number of nitro benzene ring substituents is 1. The molecular formula is C15H11N4O2S+. The molecule has 3 aromatic rings. The van der Waals surface area contributed by atoms with Crippen LogP contribution < -0.4 is 4.52 Å². The van der Waals surface area contributed by atoms with Crippen molar-refractivity contribution >= 4 is 33.6 Å². The molecule has 0 radical (unpaired) electrons. The maximum atomic E-state index is 10.7. The van der Waals surface area contributed by atoms with Crippen LogP contribution in [-0.2, 0) is 6.42 Å². The Labute approximate surface area is 129 Å². The van der Waals surface area contributed by atoms with Gasteiger partial charge in [0, 0.05) is 23.3 Å². The molecule has 0 unspecified atom stereocenters. The predicted octanol–water partition coefficient (Wildman–Crippen LogP) is 2.67. The van der Waals surface area contributed by atoms with E-state index in [0.717, 1.165) is 29.1 Å². The van der Waals surface area contributed by atoms with Crippen LogP contribution in [0.3, 0.4) is 0 Å². The minimum atomic E-state index is -0.387. The third kappa shape index (κ3) is 2.06. The fourth-order valence-electron chi connectivity index (χ4n) is 2.73. The molecule has 1 aliphatic rings. The van der Waals surface area contributed by atoms with Gasteiger partial charge >= 0.3 is 4.96 Å². The zero-order chi connectivity index (χ0) is 15.1. The van der Waals surface area contributed by atoms with E-state index in [1.165, 1.54) is 34.6 Å². The second-order valence-corrected chi connectivity index (χ2v) is 5.90. The Bertz CT molecular complexity index is 915. The van der Waals surface area contributed by atoms with Gasteiger partial charge < -0.3 is 0 Å². The molecular weight excluding hydrogens is 300 g/mol. The minimum Gasteiger partial charge on any atom is -0.258 e. The number of benzene rings is 1. The van der Waals surface area contributed by atoms with Crippen LogP contribution in [-0.4, -0.2) is 15.0 Å². The Hall–Kier alpha value is -2.67. The Morgan fingerprint density at radius 3 is 2.86 bits per heavy atom. The van der Waals surface area contributed by atoms with Gasteiger partial charge in [-0.05, 0) is 52.9 Å². The van der Waals surface area contributed by atoms with Gasteiger partial charge in [-0.2, -0.15) is 0 Å². The molecule has 0 amide bonds. The summed E-state index contributed by atoms with van der Waals surface area (Å²) in [6.45, 7) is 0. The zero-order valence-electron chi connectivity index (χ0n) is 11.5. The molecule has 6 nitrogen and oxygen atoms in total. The Morgan fingerprint density at radius 1 is 1.27 bits per heavy atom. The molecule has 7 heteroatoms. The molecule has 108 valence electrons. The molecule has 0 aliphatic heterocycles. The lowest BCUT2D eigenvalue weighted by Crippen LogP contribution is -2.29. The third-order valence-corrected chi connectivity index (χ3v) is 4.45. The van der Waals surface area contributed by atoms with Crippen molar-refractivity contribution in [3.63, 3.8) is 0 Å². The van der Waals surface area contributed by atoms with Crippen molar-refractivity contribution in [3.05, 3.63) is 62.9 Å². The van der Waals surface area contributed by atoms with Gasteiger partial charge in [-0.25, -0.2) is 0 Å². The van der Waals surface area contributed by atoms with Gasteiger partial charge in [0.15, 0.2) is 5.69 Å². The summed E-state index contributed by atoms with van der Waals surface area (Å²) in [7, 11) is 0. The number of nitro groups is 1. The number of aromatic nitrogens is 3. The number of nitrogens with zero attached hydrogens (tertiary/aromatic N) is 4. The van der Waals surface area contributed by atoms with Crippen molar-refractivity contribution in [2.24, 2.45) is 0 Å². The average Bonchev–Trinajstić information content (AvgIpc) is 3.14. The first-order chi connectivity index (χ1) is 10.7. The van der Waals surface area contributed by atoms with Gasteiger partial charge in [0.05, 0.1) is 4.92 Å². The van der Waals surface area contributed by atoms with E-state index in [0.29, 0.717) is 0 Å². The fraction of sp³-hybridized carbons (Fsp3) is 0.133. The van der Waals surface area contributed by atoms with Gasteiger partial charge in [0.2, 0.25) is 0 Å². The molecule has 2 aromatic heterocycles. The first-order valence-electron chi connectivity index (χ1n) is 6.81. The van der Waals surface area contributed by atoms with Crippen molar-refractivity contribution in [1.29, 1.82) is 0 Å². The number of non-ortho nitro benzene ring substituents is 1. The molecule has 0 spiro atoms. The van der Waals surface area contributed by atoms with Crippen molar-refractivity contribution in [2.75, 3.05) is 0 Å². The highest BCUT2D eigenvalue weighted by atomic mass is 32.1. The molecule has 0 fully saturated rings. The van der Waals surface area contributed by atoms with Crippen LogP contribution in [0.15, 0.2) is 36.0 Å². The van der Waals surface area contributed by atoms with E-state index in [1.807, 2.05) is 10.7 Å². The SMILES string of the molecule is O=[N+]([O-])c1ccc(C=C2CCc3cnc4scn[n+]4c32)cc1. The van der Waals surface area contributed by atoms with Gasteiger partial charge in [-0.1, -0.05) is 9.61 Å². The number of fused-ring (bicyclic) bond motifs is 3. The van der Waals surface area contributed by atoms with E-state index in [1.54, 1.807) is 17.6 Å². The molecule has 0 saturated carbocycles. The Morgan fingerprint density at radius 2 is 2.09 bits per heavy atom. The normalized spacial score (nSPS) is 15.4. The smallest absolute Gasteiger partial charge is 0.258 e. The van der Waals surface area contributed by atoms with Crippen LogP contribution in [0.1, 0.15) is 23.2 Å². The van der Waals surface area contributed by atoms with Crippen LogP contribution in [0, 0.1) is 10.1 Å². The van der Waals surface area contributed by atoms with Crippen LogP contribution in [0.5, 0.6) is 0 Å². The lowest BCUT2D eigenvalue weighted by molar-refractivity contribution is -0.580. The highest BCUT2D eigenvalue weighted by Gasteiger charge is 2.27. The van der Waals surface area contributed by atoms with Gasteiger partial charge in [0.25, 0.3) is 5.69 Å². The Balaban J connectivity index is 1.79. The topological polar surface area (TPSA) is 73.0 Å². The second kappa shape index (κ2) is 4.96.